The van der Waals surface area contributed by atoms with Crippen LogP contribution < -0.4 is 4.74 Å². The van der Waals surface area contributed by atoms with Crippen LogP contribution in [0.4, 0.5) is 0 Å². The highest BCUT2D eigenvalue weighted by molar-refractivity contribution is 5.45. The van der Waals surface area contributed by atoms with Gasteiger partial charge in [-0.3, -0.25) is 0 Å². The maximum atomic E-state index is 9.53. The third kappa shape index (κ3) is 1.60. The summed E-state index contributed by atoms with van der Waals surface area (Å²) in [6.07, 6.45) is -20.2. The van der Waals surface area contributed by atoms with E-state index in [0.717, 1.165) is 7.05 Å². The zero-order chi connectivity index (χ0) is 30.5. The lowest BCUT2D eigenvalue weighted by atomic mass is 9.52. The Morgan fingerprint density at radius 2 is 2.45 bits per heavy atom. The van der Waals surface area contributed by atoms with Gasteiger partial charge in [-0.25, -0.2) is 0 Å². The second-order valence-electron chi connectivity index (χ2n) is 4.89. The van der Waals surface area contributed by atoms with Crippen molar-refractivity contribution < 1.29 is 30.8 Å². The van der Waals surface area contributed by atoms with Crippen LogP contribution in [0.5, 0.6) is 5.75 Å². The third-order valence-electron chi connectivity index (χ3n) is 3.88. The number of hydrogen-bond donors (Lipinski definition) is 0. The van der Waals surface area contributed by atoms with Crippen LogP contribution in [0.2, 0.25) is 0 Å². The zero-order valence-electron chi connectivity index (χ0n) is 29.6. The number of likely N-dealkylation sites (N-methyl/N-ethyl adjacent to an activating group) is 1. The van der Waals surface area contributed by atoms with Crippen LogP contribution in [0.3, 0.4) is 0 Å². The van der Waals surface area contributed by atoms with Crippen molar-refractivity contribution in [1.29, 1.82) is 0 Å². The van der Waals surface area contributed by atoms with Gasteiger partial charge in [-0.05, 0) is 68.2 Å². The van der Waals surface area contributed by atoms with E-state index in [-0.39, 0.29) is 0 Å². The molecule has 1 saturated heterocycles. The number of piperidine rings is 1. The fourth-order valence-electron chi connectivity index (χ4n) is 2.89. The predicted octanol–water partition coefficient (Wildman–Crippen LogP) is 3.38. The van der Waals surface area contributed by atoms with E-state index in [9.17, 15) is 1.37 Å². The first kappa shape index (κ1) is 3.65. The summed E-state index contributed by atoms with van der Waals surface area (Å²) in [7, 11) is -2.37. The van der Waals surface area contributed by atoms with Gasteiger partial charge in [0.1, 0.15) is 5.75 Å². The van der Waals surface area contributed by atoms with Gasteiger partial charge >= 0.3 is 0 Å². The van der Waals surface area contributed by atoms with Gasteiger partial charge in [-0.1, -0.05) is 18.8 Å². The number of nitrogens with zero attached hydrogens (tertiary/aromatic N) is 1. The molecule has 4 rings (SSSR count). The summed E-state index contributed by atoms with van der Waals surface area (Å²) >= 11 is 0. The summed E-state index contributed by atoms with van der Waals surface area (Å²) in [4.78, 5) is 0.589. The molecular formula is C18H25NO. The standard InChI is InChI=1S/C18H25NO/c1-19-10-9-18-8-4-3-5-15(18)17(19)11-13-6-7-14(20-2)12-16(13)18/h6-7,12,15,17H,3-5,8-11H2,1-2H3/t15-,17?,18+/m1/s1/i2D3,3D2,4D2,5D2,6D,7D,8D2,9D2,10D2,12D,15D. The summed E-state index contributed by atoms with van der Waals surface area (Å²) in [6.45, 7) is -3.29. The van der Waals surface area contributed by atoms with Gasteiger partial charge in [-0.15, -0.1) is 0 Å². The summed E-state index contributed by atoms with van der Waals surface area (Å²) in [5, 5.41) is 0. The van der Waals surface area contributed by atoms with Gasteiger partial charge in [0.2, 0.25) is 0 Å². The number of benzene rings is 1. The number of fused-ring (bicyclic) bond motifs is 1. The van der Waals surface area contributed by atoms with Crippen LogP contribution >= 0.6 is 0 Å². The van der Waals surface area contributed by atoms with Gasteiger partial charge in [0, 0.05) is 29.3 Å². The molecule has 1 aromatic rings. The van der Waals surface area contributed by atoms with E-state index in [0.29, 0.717) is 4.90 Å². The van der Waals surface area contributed by atoms with E-state index in [1.54, 1.807) is 0 Å². The van der Waals surface area contributed by atoms with Gasteiger partial charge in [0.05, 0.1) is 15.3 Å². The van der Waals surface area contributed by atoms with E-state index >= 15 is 0 Å². The van der Waals surface area contributed by atoms with Crippen molar-refractivity contribution in [2.24, 2.45) is 5.89 Å². The Hall–Kier alpha value is -1.02. The maximum Gasteiger partial charge on any atom is 0.119 e. The molecule has 1 unspecified atom stereocenters. The van der Waals surface area contributed by atoms with Crippen molar-refractivity contribution in [2.75, 3.05) is 20.6 Å². The molecule has 0 spiro atoms. The minimum Gasteiger partial charge on any atom is -0.497 e. The summed E-state index contributed by atoms with van der Waals surface area (Å²) in [5.41, 5.74) is -5.32. The molecule has 0 radical (unpaired) electrons. The van der Waals surface area contributed by atoms with E-state index in [1.807, 2.05) is 0 Å². The molecular weight excluding hydrogens is 246 g/mol. The average molecular weight is 291 g/mol. The third-order valence-corrected chi connectivity index (χ3v) is 3.88. The molecule has 2 nitrogen and oxygen atoms in total. The first-order valence-electron chi connectivity index (χ1n) is 15.6. The van der Waals surface area contributed by atoms with Crippen LogP contribution in [-0.4, -0.2) is 31.5 Å². The van der Waals surface area contributed by atoms with E-state index in [1.165, 1.54) is 0 Å². The molecule has 2 bridgehead atoms. The molecule has 1 aromatic carbocycles. The second kappa shape index (κ2) is 4.49. The van der Waals surface area contributed by atoms with Gasteiger partial charge in [0.25, 0.3) is 0 Å². The average Bonchev–Trinajstić information content (AvgIpc) is 2.76. The van der Waals surface area contributed by atoms with E-state index in [4.69, 9.17) is 29.4 Å². The van der Waals surface area contributed by atoms with Gasteiger partial charge in [-0.2, -0.15) is 0 Å². The van der Waals surface area contributed by atoms with Crippen molar-refractivity contribution in [1.82, 2.24) is 4.90 Å². The number of methoxy groups -OCH3 is 1. The molecule has 0 N–H and O–H groups in total. The molecule has 108 valence electrons. The molecule has 3 atom stereocenters. The Labute approximate surface area is 148 Å². The minimum absolute atomic E-state index is 0.514. The Bertz CT molecular complexity index is 1250. The lowest BCUT2D eigenvalue weighted by Gasteiger charge is -2.58. The molecule has 0 amide bonds. The number of ether oxygens (including phenoxy) is 1. The van der Waals surface area contributed by atoms with Crippen molar-refractivity contribution in [3.05, 3.63) is 29.3 Å². The van der Waals surface area contributed by atoms with Crippen molar-refractivity contribution in [3.63, 3.8) is 0 Å². The summed E-state index contributed by atoms with van der Waals surface area (Å²) in [6, 6.07) is -5.04. The molecule has 1 heterocycles. The van der Waals surface area contributed by atoms with Crippen LogP contribution in [0.25, 0.3) is 0 Å². The molecule has 0 aromatic heterocycles. The summed E-state index contributed by atoms with van der Waals surface area (Å²) < 4.78 is 167. The fourth-order valence-corrected chi connectivity index (χ4v) is 2.89. The zero-order valence-corrected chi connectivity index (χ0v) is 10.6. The molecule has 2 aliphatic carbocycles. The maximum absolute atomic E-state index is 9.53. The normalized spacial score (nSPS) is 69.5. The number of rotatable bonds is 1. The predicted molar refractivity (Wildman–Crippen MR) is 81.4 cm³/mol. The van der Waals surface area contributed by atoms with Crippen molar-refractivity contribution in [3.8, 4) is 5.75 Å². The molecule has 3 aliphatic rings. The molecule has 2 heteroatoms. The Morgan fingerprint density at radius 1 is 1.50 bits per heavy atom. The highest BCUT2D eigenvalue weighted by Crippen LogP contribution is 2.55. The largest absolute Gasteiger partial charge is 0.497 e. The van der Waals surface area contributed by atoms with Crippen LogP contribution in [0.15, 0.2) is 18.1 Å². The highest BCUT2D eigenvalue weighted by atomic mass is 16.5. The number of likely N-dealkylation sites (tertiary alicyclic amines) is 1. The van der Waals surface area contributed by atoms with Crippen molar-refractivity contribution >= 4 is 0 Å². The fraction of sp³-hybridized carbons (Fsp3) is 0.667. The SMILES string of the molecule is [2H]c1c([2H])c(OC([2H])([2H])[2H])c([2H])c2c1CC1N(C)C([2H])([2H])C([2H])([2H])[C@]23C([2H])([2H])C([2H])([2H])C([2H])([2H])C([2H])([2H])[C@]13[2H]. The highest BCUT2D eigenvalue weighted by Gasteiger charge is 2.53. The smallest absolute Gasteiger partial charge is 0.119 e. The minimum atomic E-state index is -4.01. The van der Waals surface area contributed by atoms with E-state index < -0.39 is 104 Å². The summed E-state index contributed by atoms with van der Waals surface area (Å²) in [5.74, 6) is -4.59. The first-order chi connectivity index (χ1) is 17.1. The topological polar surface area (TPSA) is 12.5 Å². The van der Waals surface area contributed by atoms with Crippen molar-refractivity contribution in [2.45, 2.75) is 49.7 Å². The Morgan fingerprint density at radius 3 is 3.35 bits per heavy atom. The van der Waals surface area contributed by atoms with Crippen LogP contribution in [0, 0.1) is 5.89 Å². The van der Waals surface area contributed by atoms with Crippen LogP contribution in [0.1, 0.15) is 69.0 Å². The Kier molecular flexibility index (Phi) is 0.820. The lowest BCUT2D eigenvalue weighted by molar-refractivity contribution is 0.00274. The van der Waals surface area contributed by atoms with Crippen LogP contribution in [-0.2, 0) is 11.8 Å². The molecule has 2 fully saturated rings. The first-order valence-corrected chi connectivity index (χ1v) is 6.14. The Balaban J connectivity index is 2.39. The second-order valence-corrected chi connectivity index (χ2v) is 4.89. The molecule has 1 saturated carbocycles. The monoisotopic (exact) mass is 290 g/mol. The van der Waals surface area contributed by atoms with E-state index in [2.05, 4.69) is 0 Å². The lowest BCUT2D eigenvalue weighted by Crippen LogP contribution is -2.59. The van der Waals surface area contributed by atoms with Gasteiger partial charge in [0.15, 0.2) is 0 Å². The van der Waals surface area contributed by atoms with Gasteiger partial charge < -0.3 is 9.64 Å². The molecule has 20 heavy (non-hydrogen) atoms. The number of hydrogen-bond acceptors (Lipinski definition) is 2. The molecule has 1 aliphatic heterocycles. The quantitative estimate of drug-likeness (QED) is 0.786.